The molecule has 2 aromatic heterocycles. The van der Waals surface area contributed by atoms with E-state index in [1.807, 2.05) is 18.2 Å². The highest BCUT2D eigenvalue weighted by atomic mass is 32.2. The van der Waals surface area contributed by atoms with Crippen LogP contribution in [-0.4, -0.2) is 37.1 Å². The molecule has 0 spiro atoms. The normalized spacial score (nSPS) is 18.4. The van der Waals surface area contributed by atoms with E-state index in [9.17, 15) is 9.59 Å². The van der Waals surface area contributed by atoms with Crippen molar-refractivity contribution >= 4 is 51.7 Å². The maximum Gasteiger partial charge on any atom is 0.267 e. The smallest absolute Gasteiger partial charge is 0.267 e. The molecule has 1 saturated carbocycles. The minimum absolute atomic E-state index is 0.107. The molecule has 2 aromatic rings. The minimum Gasteiger partial charge on any atom is -0.367 e. The number of fused-ring (bicyclic) bond motifs is 1. The number of anilines is 1. The summed E-state index contributed by atoms with van der Waals surface area (Å²) >= 11 is 6.80. The van der Waals surface area contributed by atoms with Crippen LogP contribution < -0.4 is 10.9 Å². The summed E-state index contributed by atoms with van der Waals surface area (Å²) in [6, 6.07) is 5.81. The summed E-state index contributed by atoms with van der Waals surface area (Å²) in [5.74, 6) is 0.453. The number of rotatable bonds is 10. The van der Waals surface area contributed by atoms with Gasteiger partial charge in [-0.3, -0.25) is 18.9 Å². The third-order valence-corrected chi connectivity index (χ3v) is 7.98. The van der Waals surface area contributed by atoms with Crippen molar-refractivity contribution in [3.63, 3.8) is 0 Å². The maximum atomic E-state index is 13.4. The molecule has 8 heteroatoms. The van der Waals surface area contributed by atoms with E-state index in [-0.39, 0.29) is 11.5 Å². The van der Waals surface area contributed by atoms with Crippen molar-refractivity contribution in [3.05, 3.63) is 45.2 Å². The van der Waals surface area contributed by atoms with Crippen LogP contribution in [0.2, 0.25) is 0 Å². The van der Waals surface area contributed by atoms with E-state index in [0.29, 0.717) is 38.8 Å². The van der Waals surface area contributed by atoms with E-state index < -0.39 is 0 Å². The Morgan fingerprint density at radius 1 is 1.12 bits per heavy atom. The van der Waals surface area contributed by atoms with Gasteiger partial charge in [0.1, 0.15) is 15.8 Å². The summed E-state index contributed by atoms with van der Waals surface area (Å²) in [5.41, 5.74) is 0.845. The van der Waals surface area contributed by atoms with Crippen molar-refractivity contribution in [2.75, 3.05) is 11.9 Å². The van der Waals surface area contributed by atoms with Crippen LogP contribution in [0.4, 0.5) is 5.82 Å². The summed E-state index contributed by atoms with van der Waals surface area (Å²) in [6.07, 6.45) is 16.1. The Hall–Kier alpha value is -2.19. The highest BCUT2D eigenvalue weighted by Gasteiger charge is 2.32. The lowest BCUT2D eigenvalue weighted by Crippen LogP contribution is -2.29. The van der Waals surface area contributed by atoms with Gasteiger partial charge in [0, 0.05) is 18.8 Å². The average Bonchev–Trinajstić information content (AvgIpc) is 3.11. The first-order valence-corrected chi connectivity index (χ1v) is 13.8. The molecule has 4 rings (SSSR count). The van der Waals surface area contributed by atoms with Gasteiger partial charge in [0.05, 0.1) is 10.5 Å². The zero-order valence-electron chi connectivity index (χ0n) is 19.9. The van der Waals surface area contributed by atoms with Crippen molar-refractivity contribution in [2.45, 2.75) is 83.6 Å². The van der Waals surface area contributed by atoms with Gasteiger partial charge in [0.15, 0.2) is 0 Å². The molecule has 1 N–H and O–H groups in total. The van der Waals surface area contributed by atoms with Crippen LogP contribution in [-0.2, 0) is 4.79 Å². The lowest BCUT2D eigenvalue weighted by Gasteiger charge is -2.24. The molecule has 1 saturated heterocycles. The predicted molar refractivity (Wildman–Crippen MR) is 145 cm³/mol. The zero-order valence-corrected chi connectivity index (χ0v) is 21.6. The van der Waals surface area contributed by atoms with Crippen LogP contribution in [0.25, 0.3) is 11.7 Å². The number of nitrogens with one attached hydrogen (secondary N) is 1. The number of hydrogen-bond acceptors (Lipinski definition) is 6. The van der Waals surface area contributed by atoms with E-state index >= 15 is 0 Å². The summed E-state index contributed by atoms with van der Waals surface area (Å²) < 4.78 is 2.11. The molecule has 1 aliphatic carbocycles. The Bertz CT molecular complexity index is 1120. The molecule has 3 heterocycles. The molecule has 0 bridgehead atoms. The molecule has 0 aromatic carbocycles. The number of unbranched alkanes of at least 4 members (excludes halogenated alkanes) is 5. The summed E-state index contributed by atoms with van der Waals surface area (Å²) in [7, 11) is 0. The number of nitrogens with zero attached hydrogens (tertiary/aromatic N) is 3. The first-order chi connectivity index (χ1) is 16.6. The monoisotopic (exact) mass is 498 g/mol. The van der Waals surface area contributed by atoms with Gasteiger partial charge in [0.25, 0.3) is 11.5 Å². The molecule has 1 amide bonds. The van der Waals surface area contributed by atoms with Gasteiger partial charge in [-0.15, -0.1) is 0 Å². The van der Waals surface area contributed by atoms with Crippen molar-refractivity contribution in [1.29, 1.82) is 0 Å². The van der Waals surface area contributed by atoms with Gasteiger partial charge < -0.3 is 5.32 Å². The number of carbonyl (C=O) groups excluding carboxylic acids is 1. The molecule has 182 valence electrons. The first-order valence-electron chi connectivity index (χ1n) is 12.6. The molecule has 2 fully saturated rings. The van der Waals surface area contributed by atoms with Crippen molar-refractivity contribution in [1.82, 2.24) is 14.3 Å². The highest BCUT2D eigenvalue weighted by Crippen LogP contribution is 2.33. The third-order valence-electron chi connectivity index (χ3n) is 6.60. The number of aromatic nitrogens is 2. The van der Waals surface area contributed by atoms with E-state index in [1.165, 1.54) is 61.1 Å². The number of amides is 1. The molecular weight excluding hydrogens is 464 g/mol. The van der Waals surface area contributed by atoms with Gasteiger partial charge in [-0.25, -0.2) is 4.98 Å². The topological polar surface area (TPSA) is 66.7 Å². The highest BCUT2D eigenvalue weighted by molar-refractivity contribution is 8.26. The molecule has 0 atom stereocenters. The fourth-order valence-electron chi connectivity index (χ4n) is 4.66. The number of thiocarbonyl (C=S) groups is 1. The van der Waals surface area contributed by atoms with Crippen LogP contribution >= 0.6 is 24.0 Å². The minimum atomic E-state index is -0.176. The number of carbonyl (C=O) groups is 1. The van der Waals surface area contributed by atoms with Crippen molar-refractivity contribution < 1.29 is 4.79 Å². The van der Waals surface area contributed by atoms with Crippen LogP contribution in [0.15, 0.2) is 34.1 Å². The molecule has 6 nitrogen and oxygen atoms in total. The van der Waals surface area contributed by atoms with Crippen molar-refractivity contribution in [2.24, 2.45) is 0 Å². The number of hydrogen-bond donors (Lipinski definition) is 1. The average molecular weight is 499 g/mol. The summed E-state index contributed by atoms with van der Waals surface area (Å²) in [6.45, 7) is 2.84. The molecular formula is C26H34N4O2S2. The predicted octanol–water partition coefficient (Wildman–Crippen LogP) is 6.00. The standard InChI is InChI=1S/C26H34N4O2S2/c1-2-3-4-5-6-11-17-30-25(32)21(34-26(30)33)18-20-23(27-19-13-8-7-9-14-19)28-22-15-10-12-16-29(22)24(20)31/h10,12,15-16,18-19,27H,2-9,11,13-14,17H2,1H3/b21-18-. The maximum absolute atomic E-state index is 13.4. The summed E-state index contributed by atoms with van der Waals surface area (Å²) in [5, 5.41) is 3.52. The lowest BCUT2D eigenvalue weighted by molar-refractivity contribution is -0.122. The number of pyridine rings is 1. The fourth-order valence-corrected chi connectivity index (χ4v) is 5.95. The van der Waals surface area contributed by atoms with E-state index in [0.717, 1.165) is 25.7 Å². The molecule has 0 unspecified atom stereocenters. The Labute approximate surface area is 211 Å². The molecule has 1 aliphatic heterocycles. The van der Waals surface area contributed by atoms with Gasteiger partial charge in [-0.05, 0) is 37.5 Å². The second-order valence-electron chi connectivity index (χ2n) is 9.19. The van der Waals surface area contributed by atoms with Crippen molar-refractivity contribution in [3.8, 4) is 0 Å². The quantitative estimate of drug-likeness (QED) is 0.246. The van der Waals surface area contributed by atoms with E-state index in [2.05, 4.69) is 12.2 Å². The van der Waals surface area contributed by atoms with Crippen LogP contribution in [0.1, 0.15) is 83.1 Å². The largest absolute Gasteiger partial charge is 0.367 e. The van der Waals surface area contributed by atoms with Gasteiger partial charge in [-0.1, -0.05) is 88.3 Å². The Kier molecular flexibility index (Phi) is 8.78. The first kappa shape index (κ1) is 24.9. The lowest BCUT2D eigenvalue weighted by atomic mass is 9.95. The Balaban J connectivity index is 1.57. The van der Waals surface area contributed by atoms with Gasteiger partial charge >= 0.3 is 0 Å². The SMILES string of the molecule is CCCCCCCCN1C(=O)/C(=C/c2c(NC3CCCCC3)nc3ccccn3c2=O)SC1=S. The molecule has 0 radical (unpaired) electrons. The molecule has 2 aliphatic rings. The zero-order chi connectivity index (χ0) is 23.9. The van der Waals surface area contributed by atoms with Crippen LogP contribution in [0.3, 0.4) is 0 Å². The van der Waals surface area contributed by atoms with Gasteiger partial charge in [-0.2, -0.15) is 0 Å². The number of thioether (sulfide) groups is 1. The fraction of sp³-hybridized carbons (Fsp3) is 0.538. The Morgan fingerprint density at radius 3 is 2.68 bits per heavy atom. The second kappa shape index (κ2) is 12.0. The van der Waals surface area contributed by atoms with E-state index in [4.69, 9.17) is 17.2 Å². The third kappa shape index (κ3) is 5.89. The van der Waals surface area contributed by atoms with Crippen LogP contribution in [0, 0.1) is 0 Å². The molecule has 34 heavy (non-hydrogen) atoms. The van der Waals surface area contributed by atoms with Gasteiger partial charge in [0.2, 0.25) is 0 Å². The van der Waals surface area contributed by atoms with E-state index in [1.54, 1.807) is 17.2 Å². The van der Waals surface area contributed by atoms with Crippen LogP contribution in [0.5, 0.6) is 0 Å². The Morgan fingerprint density at radius 2 is 1.88 bits per heavy atom. The second-order valence-corrected chi connectivity index (χ2v) is 10.9. The summed E-state index contributed by atoms with van der Waals surface area (Å²) in [4.78, 5) is 33.5.